The molecule has 3 aliphatic rings. The van der Waals surface area contributed by atoms with Crippen molar-refractivity contribution in [1.29, 1.82) is 0 Å². The SMILES string of the molecule is CCC1(CC)CCCC2CCCC(CC)(CC)C(O)C2C1O.[Ir].[c-]1ccccc1-c1cc2cccc(C3CCCC3)c2cn1. The second kappa shape index (κ2) is 15.8. The summed E-state index contributed by atoms with van der Waals surface area (Å²) in [6.45, 7) is 8.90. The molecule has 2 aromatic carbocycles. The van der Waals surface area contributed by atoms with E-state index in [2.05, 4.69) is 75.3 Å². The smallest absolute Gasteiger partial charge is 0.0651 e. The van der Waals surface area contributed by atoms with Crippen molar-refractivity contribution in [2.75, 3.05) is 0 Å². The standard InChI is InChI=1S/C20H18N.C20H38O2.Ir/c1-2-9-16(10-3-1)20-13-17-11-6-12-18(19(17)14-21-20)15-7-4-5-8-15;1-5-19(6-2)13-9-11-15-12-10-14-20(7-3,8-4)18(22)16(15)17(19)21;/h1-3,6,9,11-15H,4-5,7-8H2;15-18,21-22H,5-14H2,1-4H3;/q-1;;. The van der Waals surface area contributed by atoms with Crippen molar-refractivity contribution in [3.05, 3.63) is 66.4 Å². The van der Waals surface area contributed by atoms with Crippen molar-refractivity contribution in [2.45, 2.75) is 136 Å². The summed E-state index contributed by atoms with van der Waals surface area (Å²) in [6, 6.07) is 20.2. The van der Waals surface area contributed by atoms with Gasteiger partial charge in [0, 0.05) is 37.6 Å². The number of hydrogen-bond acceptors (Lipinski definition) is 3. The van der Waals surface area contributed by atoms with Gasteiger partial charge in [0.25, 0.3) is 0 Å². The number of nitrogens with zero attached hydrogens (tertiary/aromatic N) is 1. The Hall–Kier alpha value is -1.58. The number of hydrogen-bond donors (Lipinski definition) is 2. The van der Waals surface area contributed by atoms with E-state index in [1.54, 1.807) is 0 Å². The Balaban J connectivity index is 0.000000196. The molecule has 0 amide bonds. The van der Waals surface area contributed by atoms with E-state index in [-0.39, 0.29) is 49.1 Å². The molecule has 3 aromatic rings. The minimum atomic E-state index is -0.333. The molecule has 0 saturated heterocycles. The molecule has 0 aliphatic heterocycles. The van der Waals surface area contributed by atoms with E-state index in [1.165, 1.54) is 67.7 Å². The summed E-state index contributed by atoms with van der Waals surface area (Å²) in [6.07, 6.45) is 18.0. The summed E-state index contributed by atoms with van der Waals surface area (Å²) in [4.78, 5) is 4.68. The van der Waals surface area contributed by atoms with Gasteiger partial charge in [-0.25, -0.2) is 0 Å². The van der Waals surface area contributed by atoms with E-state index in [9.17, 15) is 10.2 Å². The average molecular weight is 775 g/mol. The fourth-order valence-electron chi connectivity index (χ4n) is 9.29. The van der Waals surface area contributed by atoms with Crippen LogP contribution in [0.2, 0.25) is 0 Å². The first-order chi connectivity index (χ1) is 20.9. The predicted molar refractivity (Wildman–Crippen MR) is 180 cm³/mol. The van der Waals surface area contributed by atoms with Gasteiger partial charge in [0.05, 0.1) is 12.2 Å². The molecule has 1 aromatic heterocycles. The molecule has 243 valence electrons. The van der Waals surface area contributed by atoms with Crippen molar-refractivity contribution in [3.8, 4) is 11.3 Å². The van der Waals surface area contributed by atoms with Gasteiger partial charge >= 0.3 is 0 Å². The number of rotatable bonds is 6. The maximum absolute atomic E-state index is 11.4. The van der Waals surface area contributed by atoms with Crippen LogP contribution in [0.4, 0.5) is 0 Å². The number of fused-ring (bicyclic) bond motifs is 2. The van der Waals surface area contributed by atoms with Gasteiger partial charge in [0.15, 0.2) is 0 Å². The van der Waals surface area contributed by atoms with Gasteiger partial charge in [-0.15, -0.1) is 35.9 Å². The molecular formula is C40H56IrNO2-. The number of aromatic nitrogens is 1. The number of pyridine rings is 1. The third-order valence-corrected chi connectivity index (χ3v) is 12.4. The summed E-state index contributed by atoms with van der Waals surface area (Å²) in [5.41, 5.74) is 3.61. The fraction of sp³-hybridized carbons (Fsp3) is 0.625. The normalized spacial score (nSPS) is 26.4. The molecule has 3 nitrogen and oxygen atoms in total. The molecule has 2 unspecified atom stereocenters. The molecule has 6 rings (SSSR count). The van der Waals surface area contributed by atoms with Gasteiger partial charge in [0.2, 0.25) is 0 Å². The van der Waals surface area contributed by atoms with Gasteiger partial charge < -0.3 is 15.2 Å². The first-order valence-electron chi connectivity index (χ1n) is 17.6. The molecular weight excluding hydrogens is 719 g/mol. The maximum atomic E-state index is 11.4. The zero-order chi connectivity index (χ0) is 30.5. The molecule has 1 radical (unpaired) electrons. The van der Waals surface area contributed by atoms with Gasteiger partial charge in [0.1, 0.15) is 0 Å². The Morgan fingerprint density at radius 2 is 1.39 bits per heavy atom. The average Bonchev–Trinajstić information content (AvgIpc) is 3.51. The number of aliphatic hydroxyl groups is 2. The molecule has 1 heterocycles. The second-order valence-electron chi connectivity index (χ2n) is 14.0. The summed E-state index contributed by atoms with van der Waals surface area (Å²) >= 11 is 0. The molecule has 3 saturated carbocycles. The van der Waals surface area contributed by atoms with Crippen LogP contribution < -0.4 is 0 Å². The molecule has 0 bridgehead atoms. The van der Waals surface area contributed by atoms with Crippen LogP contribution in [0.5, 0.6) is 0 Å². The molecule has 2 N–H and O–H groups in total. The Morgan fingerprint density at radius 3 is 1.93 bits per heavy atom. The van der Waals surface area contributed by atoms with E-state index in [1.807, 2.05) is 18.2 Å². The Kier molecular flexibility index (Phi) is 12.7. The summed E-state index contributed by atoms with van der Waals surface area (Å²) in [5, 5.41) is 25.3. The van der Waals surface area contributed by atoms with Crippen molar-refractivity contribution < 1.29 is 30.3 Å². The van der Waals surface area contributed by atoms with Gasteiger partial charge in [-0.1, -0.05) is 77.6 Å². The first kappa shape index (κ1) is 35.3. The Bertz CT molecular complexity index is 1260. The Labute approximate surface area is 281 Å². The van der Waals surface area contributed by atoms with Crippen LogP contribution in [0.3, 0.4) is 0 Å². The molecule has 3 aliphatic carbocycles. The van der Waals surface area contributed by atoms with Gasteiger partial charge in [-0.05, 0) is 104 Å². The maximum Gasteiger partial charge on any atom is 0.0651 e. The number of benzene rings is 2. The first-order valence-corrected chi connectivity index (χ1v) is 17.6. The third-order valence-electron chi connectivity index (χ3n) is 12.4. The minimum Gasteiger partial charge on any atom is -0.392 e. The van der Waals surface area contributed by atoms with Gasteiger partial charge in [-0.3, -0.25) is 0 Å². The van der Waals surface area contributed by atoms with Crippen LogP contribution in [0.25, 0.3) is 22.0 Å². The summed E-state index contributed by atoms with van der Waals surface area (Å²) < 4.78 is 0. The summed E-state index contributed by atoms with van der Waals surface area (Å²) in [7, 11) is 0. The van der Waals surface area contributed by atoms with Crippen LogP contribution in [-0.4, -0.2) is 27.4 Å². The van der Waals surface area contributed by atoms with E-state index in [0.29, 0.717) is 5.92 Å². The Morgan fingerprint density at radius 1 is 0.773 bits per heavy atom. The van der Waals surface area contributed by atoms with Crippen LogP contribution in [0.15, 0.2) is 54.7 Å². The quantitative estimate of drug-likeness (QED) is 0.245. The van der Waals surface area contributed by atoms with E-state index < -0.39 is 0 Å². The van der Waals surface area contributed by atoms with Crippen molar-refractivity contribution >= 4 is 10.8 Å². The van der Waals surface area contributed by atoms with E-state index in [4.69, 9.17) is 0 Å². The van der Waals surface area contributed by atoms with Crippen molar-refractivity contribution in [3.63, 3.8) is 0 Å². The van der Waals surface area contributed by atoms with Gasteiger partial charge in [-0.2, -0.15) is 0 Å². The molecule has 3 fully saturated rings. The topological polar surface area (TPSA) is 53.4 Å². The zero-order valence-electron chi connectivity index (χ0n) is 27.7. The largest absolute Gasteiger partial charge is 0.392 e. The fourth-order valence-corrected chi connectivity index (χ4v) is 9.29. The van der Waals surface area contributed by atoms with Crippen LogP contribution in [0.1, 0.15) is 129 Å². The monoisotopic (exact) mass is 775 g/mol. The van der Waals surface area contributed by atoms with Crippen LogP contribution >= 0.6 is 0 Å². The zero-order valence-corrected chi connectivity index (χ0v) is 30.1. The molecule has 4 heteroatoms. The van der Waals surface area contributed by atoms with E-state index >= 15 is 0 Å². The second-order valence-corrected chi connectivity index (χ2v) is 14.0. The number of aliphatic hydroxyl groups excluding tert-OH is 2. The predicted octanol–water partition coefficient (Wildman–Crippen LogP) is 10.3. The third kappa shape index (κ3) is 7.05. The van der Waals surface area contributed by atoms with Crippen LogP contribution in [-0.2, 0) is 20.1 Å². The molecule has 0 spiro atoms. The van der Waals surface area contributed by atoms with Crippen molar-refractivity contribution in [2.24, 2.45) is 22.7 Å². The summed E-state index contributed by atoms with van der Waals surface area (Å²) in [5.74, 6) is 1.33. The molecule has 2 atom stereocenters. The van der Waals surface area contributed by atoms with Crippen LogP contribution in [0, 0.1) is 28.7 Å². The molecule has 44 heavy (non-hydrogen) atoms. The minimum absolute atomic E-state index is 0. The van der Waals surface area contributed by atoms with Crippen molar-refractivity contribution in [1.82, 2.24) is 4.98 Å². The van der Waals surface area contributed by atoms with E-state index in [0.717, 1.165) is 55.7 Å².